The Bertz CT molecular complexity index is 1160. The molecule has 0 bridgehead atoms. The number of ether oxygens (including phenoxy) is 1. The summed E-state index contributed by atoms with van der Waals surface area (Å²) in [5.41, 5.74) is 2.49. The first kappa shape index (κ1) is 23.8. The topological polar surface area (TPSA) is 101 Å². The van der Waals surface area contributed by atoms with Gasteiger partial charge in [0.15, 0.2) is 0 Å². The van der Waals surface area contributed by atoms with E-state index in [0.29, 0.717) is 73.8 Å². The number of nitrogens with one attached hydrogen (secondary N) is 1. The molecule has 1 aromatic carbocycles. The fourth-order valence-electron chi connectivity index (χ4n) is 4.01. The van der Waals surface area contributed by atoms with Crippen molar-refractivity contribution in [2.45, 2.75) is 13.3 Å². The summed E-state index contributed by atoms with van der Waals surface area (Å²) >= 11 is 0. The standard InChI is InChI=1S/C24H28FN5O4/c1-16-22-19(14-20(27-23(22)34-28-16)17-4-6-18(25)7-5-17)24(32)30-11-9-29(10-12-30)15-21(31)26-8-3-13-33-2/h4-7,14H,3,8-13,15H2,1-2H3,(H,26,31). The highest BCUT2D eigenvalue weighted by atomic mass is 19.1. The van der Waals surface area contributed by atoms with Gasteiger partial charge in [-0.3, -0.25) is 14.5 Å². The fourth-order valence-corrected chi connectivity index (χ4v) is 4.01. The molecular formula is C24H28FN5O4. The van der Waals surface area contributed by atoms with Crippen LogP contribution in [0, 0.1) is 12.7 Å². The molecule has 0 radical (unpaired) electrons. The predicted molar refractivity (Wildman–Crippen MR) is 124 cm³/mol. The SMILES string of the molecule is COCCCNC(=O)CN1CCN(C(=O)c2cc(-c3ccc(F)cc3)nc3onc(C)c23)CC1. The lowest BCUT2D eigenvalue weighted by molar-refractivity contribution is -0.122. The Hall–Kier alpha value is -3.37. The zero-order chi connectivity index (χ0) is 24.1. The molecule has 1 saturated heterocycles. The Morgan fingerprint density at radius 2 is 1.91 bits per heavy atom. The summed E-state index contributed by atoms with van der Waals surface area (Å²) < 4.78 is 23.7. The molecule has 3 heterocycles. The number of piperazine rings is 1. The Labute approximate surface area is 196 Å². The number of benzene rings is 1. The molecule has 34 heavy (non-hydrogen) atoms. The predicted octanol–water partition coefficient (Wildman–Crippen LogP) is 2.25. The third kappa shape index (κ3) is 5.40. The minimum atomic E-state index is -0.349. The van der Waals surface area contributed by atoms with E-state index < -0.39 is 0 Å². The largest absolute Gasteiger partial charge is 0.385 e. The van der Waals surface area contributed by atoms with Crippen LogP contribution in [0.1, 0.15) is 22.5 Å². The summed E-state index contributed by atoms with van der Waals surface area (Å²) in [4.78, 5) is 33.9. The van der Waals surface area contributed by atoms with Gasteiger partial charge in [-0.2, -0.15) is 0 Å². The Morgan fingerprint density at radius 3 is 2.62 bits per heavy atom. The molecule has 2 amide bonds. The van der Waals surface area contributed by atoms with Crippen LogP contribution in [-0.2, 0) is 9.53 Å². The Kier molecular flexibility index (Phi) is 7.49. The number of amides is 2. The third-order valence-electron chi connectivity index (χ3n) is 5.86. The quantitative estimate of drug-likeness (QED) is 0.505. The molecule has 0 atom stereocenters. The van der Waals surface area contributed by atoms with Crippen molar-refractivity contribution in [2.24, 2.45) is 0 Å². The number of aryl methyl sites for hydroxylation is 1. The Morgan fingerprint density at radius 1 is 1.18 bits per heavy atom. The summed E-state index contributed by atoms with van der Waals surface area (Å²) in [6.07, 6.45) is 0.771. The van der Waals surface area contributed by atoms with Crippen LogP contribution >= 0.6 is 0 Å². The molecule has 1 aliphatic heterocycles. The van der Waals surface area contributed by atoms with E-state index >= 15 is 0 Å². The van der Waals surface area contributed by atoms with Crippen molar-refractivity contribution in [3.8, 4) is 11.3 Å². The van der Waals surface area contributed by atoms with Crippen LogP contribution in [0.15, 0.2) is 34.9 Å². The first-order chi connectivity index (χ1) is 16.5. The first-order valence-electron chi connectivity index (χ1n) is 11.3. The number of nitrogens with zero attached hydrogens (tertiary/aromatic N) is 4. The maximum Gasteiger partial charge on any atom is 0.259 e. The van der Waals surface area contributed by atoms with Crippen molar-refractivity contribution < 1.29 is 23.2 Å². The van der Waals surface area contributed by atoms with Gasteiger partial charge in [0.1, 0.15) is 5.82 Å². The molecule has 0 aliphatic carbocycles. The average molecular weight is 470 g/mol. The van der Waals surface area contributed by atoms with Crippen LogP contribution in [0.25, 0.3) is 22.4 Å². The van der Waals surface area contributed by atoms with Gasteiger partial charge < -0.3 is 19.5 Å². The minimum Gasteiger partial charge on any atom is -0.385 e. The monoisotopic (exact) mass is 469 g/mol. The highest BCUT2D eigenvalue weighted by molar-refractivity contribution is 6.07. The summed E-state index contributed by atoms with van der Waals surface area (Å²) in [6.45, 7) is 5.44. The molecule has 0 spiro atoms. The second-order valence-corrected chi connectivity index (χ2v) is 8.27. The van der Waals surface area contributed by atoms with Gasteiger partial charge in [0.25, 0.3) is 11.6 Å². The number of methoxy groups -OCH3 is 1. The van der Waals surface area contributed by atoms with E-state index in [-0.39, 0.29) is 23.3 Å². The van der Waals surface area contributed by atoms with Crippen LogP contribution in [0.2, 0.25) is 0 Å². The lowest BCUT2D eigenvalue weighted by Crippen LogP contribution is -2.51. The second-order valence-electron chi connectivity index (χ2n) is 8.27. The summed E-state index contributed by atoms with van der Waals surface area (Å²) in [6, 6.07) is 7.63. The number of aromatic nitrogens is 2. The summed E-state index contributed by atoms with van der Waals surface area (Å²) in [5, 5.41) is 7.45. The van der Waals surface area contributed by atoms with Gasteiger partial charge in [-0.15, -0.1) is 0 Å². The van der Waals surface area contributed by atoms with Gasteiger partial charge >= 0.3 is 0 Å². The van der Waals surface area contributed by atoms with Crippen LogP contribution < -0.4 is 5.32 Å². The maximum absolute atomic E-state index is 13.5. The van der Waals surface area contributed by atoms with Gasteiger partial charge in [0.2, 0.25) is 5.91 Å². The average Bonchev–Trinajstić information content (AvgIpc) is 3.22. The lowest BCUT2D eigenvalue weighted by atomic mass is 10.0. The van der Waals surface area contributed by atoms with Crippen LogP contribution in [0.4, 0.5) is 4.39 Å². The van der Waals surface area contributed by atoms with Crippen LogP contribution in [0.5, 0.6) is 0 Å². The van der Waals surface area contributed by atoms with E-state index in [1.807, 2.05) is 4.90 Å². The smallest absolute Gasteiger partial charge is 0.259 e. The molecule has 10 heteroatoms. The number of hydrogen-bond acceptors (Lipinski definition) is 7. The van der Waals surface area contributed by atoms with Crippen LogP contribution in [0.3, 0.4) is 0 Å². The number of pyridine rings is 1. The van der Waals surface area contributed by atoms with E-state index in [1.54, 1.807) is 37.1 Å². The molecule has 2 aromatic heterocycles. The van der Waals surface area contributed by atoms with Crippen molar-refractivity contribution in [1.29, 1.82) is 0 Å². The molecule has 4 rings (SSSR count). The van der Waals surface area contributed by atoms with E-state index in [0.717, 1.165) is 6.42 Å². The molecule has 1 fully saturated rings. The molecule has 9 nitrogen and oxygen atoms in total. The normalized spacial score (nSPS) is 14.5. The van der Waals surface area contributed by atoms with Gasteiger partial charge in [-0.25, -0.2) is 9.37 Å². The number of fused-ring (bicyclic) bond motifs is 1. The zero-order valence-electron chi connectivity index (χ0n) is 19.3. The van der Waals surface area contributed by atoms with Crippen molar-refractivity contribution in [1.82, 2.24) is 25.3 Å². The Balaban J connectivity index is 1.45. The maximum atomic E-state index is 13.5. The van der Waals surface area contributed by atoms with Gasteiger partial charge in [-0.05, 0) is 43.7 Å². The lowest BCUT2D eigenvalue weighted by Gasteiger charge is -2.34. The fraction of sp³-hybridized carbons (Fsp3) is 0.417. The van der Waals surface area contributed by atoms with E-state index in [2.05, 4.69) is 15.5 Å². The number of rotatable bonds is 8. The van der Waals surface area contributed by atoms with E-state index in [1.165, 1.54) is 12.1 Å². The third-order valence-corrected chi connectivity index (χ3v) is 5.86. The molecule has 180 valence electrons. The number of hydrogen-bond donors (Lipinski definition) is 1. The van der Waals surface area contributed by atoms with Crippen molar-refractivity contribution in [3.63, 3.8) is 0 Å². The molecule has 0 unspecified atom stereocenters. The molecule has 1 aliphatic rings. The van der Waals surface area contributed by atoms with Crippen molar-refractivity contribution in [3.05, 3.63) is 47.4 Å². The number of halogens is 1. The molecular weight excluding hydrogens is 441 g/mol. The zero-order valence-corrected chi connectivity index (χ0v) is 19.3. The summed E-state index contributed by atoms with van der Waals surface area (Å²) in [7, 11) is 1.63. The van der Waals surface area contributed by atoms with Crippen molar-refractivity contribution in [2.75, 3.05) is 53.0 Å². The summed E-state index contributed by atoms with van der Waals surface area (Å²) in [5.74, 6) is -0.528. The molecule has 3 aromatic rings. The van der Waals surface area contributed by atoms with Crippen molar-refractivity contribution >= 4 is 22.9 Å². The molecule has 0 saturated carbocycles. The minimum absolute atomic E-state index is 0.0317. The van der Waals surface area contributed by atoms with Crippen LogP contribution in [-0.4, -0.2) is 84.7 Å². The number of carbonyl (C=O) groups excluding carboxylic acids is 2. The van der Waals surface area contributed by atoms with E-state index in [4.69, 9.17) is 9.26 Å². The second kappa shape index (κ2) is 10.7. The first-order valence-corrected chi connectivity index (χ1v) is 11.3. The highest BCUT2D eigenvalue weighted by Gasteiger charge is 2.27. The molecule has 1 N–H and O–H groups in total. The highest BCUT2D eigenvalue weighted by Crippen LogP contribution is 2.28. The van der Waals surface area contributed by atoms with Gasteiger partial charge in [0.05, 0.1) is 28.9 Å². The van der Waals surface area contributed by atoms with E-state index in [9.17, 15) is 14.0 Å². The van der Waals surface area contributed by atoms with Gasteiger partial charge in [-0.1, -0.05) is 5.16 Å². The number of carbonyl (C=O) groups is 2. The van der Waals surface area contributed by atoms with Gasteiger partial charge in [0, 0.05) is 52.0 Å².